The van der Waals surface area contributed by atoms with E-state index in [1.54, 1.807) is 36.1 Å². The van der Waals surface area contributed by atoms with Crippen LogP contribution in [0.4, 0.5) is 4.39 Å². The maximum Gasteiger partial charge on any atom is 0.233 e. The van der Waals surface area contributed by atoms with Crippen molar-refractivity contribution in [1.82, 2.24) is 19.7 Å². The minimum Gasteiger partial charge on any atom is -0.341 e. The highest BCUT2D eigenvalue weighted by Crippen LogP contribution is 2.23. The van der Waals surface area contributed by atoms with E-state index in [1.165, 1.54) is 28.8 Å². The van der Waals surface area contributed by atoms with Crippen molar-refractivity contribution in [3.8, 4) is 5.69 Å². The molecule has 0 aliphatic rings. The largest absolute Gasteiger partial charge is 0.341 e. The summed E-state index contributed by atoms with van der Waals surface area (Å²) in [6.07, 6.45) is 1.56. The first kappa shape index (κ1) is 19.7. The van der Waals surface area contributed by atoms with Crippen molar-refractivity contribution in [2.75, 3.05) is 12.8 Å². The third kappa shape index (κ3) is 4.80. The molecule has 0 radical (unpaired) electrons. The Morgan fingerprint density at radius 2 is 2.04 bits per heavy atom. The summed E-state index contributed by atoms with van der Waals surface area (Å²) in [5.41, 5.74) is 1.09. The fourth-order valence-electron chi connectivity index (χ4n) is 2.37. The van der Waals surface area contributed by atoms with Gasteiger partial charge in [-0.25, -0.2) is 4.39 Å². The second-order valence-electron chi connectivity index (χ2n) is 5.70. The molecule has 5 nitrogen and oxygen atoms in total. The van der Waals surface area contributed by atoms with Gasteiger partial charge in [0.15, 0.2) is 5.16 Å². The number of nitrogens with zero attached hydrogens (tertiary/aromatic N) is 4. The molecule has 0 fully saturated rings. The van der Waals surface area contributed by atoms with E-state index in [1.807, 2.05) is 12.1 Å². The zero-order valence-corrected chi connectivity index (χ0v) is 16.6. The van der Waals surface area contributed by atoms with Crippen LogP contribution >= 0.6 is 35.0 Å². The van der Waals surface area contributed by atoms with E-state index in [0.717, 1.165) is 5.69 Å². The van der Waals surface area contributed by atoms with Crippen molar-refractivity contribution in [3.63, 3.8) is 0 Å². The Morgan fingerprint density at radius 1 is 1.26 bits per heavy atom. The molecule has 3 rings (SSSR count). The van der Waals surface area contributed by atoms with E-state index in [0.29, 0.717) is 20.8 Å². The number of rotatable bonds is 6. The number of benzene rings is 2. The van der Waals surface area contributed by atoms with Gasteiger partial charge in [0.25, 0.3) is 0 Å². The topological polar surface area (TPSA) is 51.0 Å². The Balaban J connectivity index is 1.65. The lowest BCUT2D eigenvalue weighted by molar-refractivity contribution is -0.127. The highest BCUT2D eigenvalue weighted by molar-refractivity contribution is 7.99. The average Bonchev–Trinajstić information content (AvgIpc) is 3.11. The van der Waals surface area contributed by atoms with Gasteiger partial charge in [0.05, 0.1) is 11.4 Å². The molecule has 1 amide bonds. The van der Waals surface area contributed by atoms with Gasteiger partial charge in [-0.15, -0.1) is 10.2 Å². The number of carbonyl (C=O) groups is 1. The fraction of sp³-hybridized carbons (Fsp3) is 0.167. The summed E-state index contributed by atoms with van der Waals surface area (Å²) in [7, 11) is 1.60. The van der Waals surface area contributed by atoms with Crippen LogP contribution in [0.5, 0.6) is 0 Å². The number of thioether (sulfide) groups is 1. The van der Waals surface area contributed by atoms with E-state index in [-0.39, 0.29) is 18.2 Å². The van der Waals surface area contributed by atoms with Gasteiger partial charge in [-0.3, -0.25) is 9.36 Å². The summed E-state index contributed by atoms with van der Waals surface area (Å²) in [6, 6.07) is 11.7. The van der Waals surface area contributed by atoms with Crippen LogP contribution in [-0.2, 0) is 11.3 Å². The molecular formula is C18H15Cl2FN4OS. The average molecular weight is 425 g/mol. The van der Waals surface area contributed by atoms with Crippen LogP contribution in [0.15, 0.2) is 53.9 Å². The van der Waals surface area contributed by atoms with Gasteiger partial charge in [-0.2, -0.15) is 0 Å². The molecule has 1 aromatic heterocycles. The Morgan fingerprint density at radius 3 is 2.78 bits per heavy atom. The quantitative estimate of drug-likeness (QED) is 0.547. The van der Waals surface area contributed by atoms with Crippen LogP contribution in [0.25, 0.3) is 5.69 Å². The lowest BCUT2D eigenvalue weighted by Gasteiger charge is -2.18. The monoisotopic (exact) mass is 424 g/mol. The summed E-state index contributed by atoms with van der Waals surface area (Å²) >= 11 is 13.3. The maximum absolute atomic E-state index is 13.9. The number of carbonyl (C=O) groups excluding carboxylic acids is 1. The maximum atomic E-state index is 13.9. The van der Waals surface area contributed by atoms with Crippen molar-refractivity contribution < 1.29 is 9.18 Å². The second-order valence-corrected chi connectivity index (χ2v) is 7.49. The molecule has 2 aromatic carbocycles. The molecule has 140 valence electrons. The van der Waals surface area contributed by atoms with Crippen molar-refractivity contribution in [2.45, 2.75) is 11.7 Å². The Labute approximate surface area is 170 Å². The summed E-state index contributed by atoms with van der Waals surface area (Å²) in [6.45, 7) is 0.0892. The minimum atomic E-state index is -0.435. The molecule has 0 unspecified atom stereocenters. The van der Waals surface area contributed by atoms with E-state index in [4.69, 9.17) is 23.2 Å². The smallest absolute Gasteiger partial charge is 0.233 e. The Bertz CT molecular complexity index is 946. The highest BCUT2D eigenvalue weighted by atomic mass is 35.5. The van der Waals surface area contributed by atoms with Gasteiger partial charge in [0.1, 0.15) is 12.1 Å². The van der Waals surface area contributed by atoms with E-state index < -0.39 is 5.82 Å². The first-order valence-corrected chi connectivity index (χ1v) is 9.65. The van der Waals surface area contributed by atoms with Crippen molar-refractivity contribution in [3.05, 3.63) is 70.2 Å². The van der Waals surface area contributed by atoms with E-state index in [9.17, 15) is 9.18 Å². The number of hydrogen-bond acceptors (Lipinski definition) is 4. The van der Waals surface area contributed by atoms with Crippen LogP contribution in [0, 0.1) is 5.82 Å². The number of hydrogen-bond donors (Lipinski definition) is 0. The molecule has 1 heterocycles. The van der Waals surface area contributed by atoms with Gasteiger partial charge < -0.3 is 4.90 Å². The molecule has 0 saturated heterocycles. The molecule has 0 spiro atoms. The number of halogens is 3. The van der Waals surface area contributed by atoms with E-state index in [2.05, 4.69) is 10.2 Å². The van der Waals surface area contributed by atoms with Crippen molar-refractivity contribution in [2.24, 2.45) is 0 Å². The molecule has 0 N–H and O–H groups in total. The van der Waals surface area contributed by atoms with Crippen LogP contribution in [0.2, 0.25) is 10.0 Å². The van der Waals surface area contributed by atoms with Gasteiger partial charge in [0.2, 0.25) is 5.91 Å². The lowest BCUT2D eigenvalue weighted by Crippen LogP contribution is -2.28. The SMILES string of the molecule is CN(Cc1c(F)cccc1Cl)C(=O)CSc1nncn1-c1cccc(Cl)c1. The zero-order chi connectivity index (χ0) is 19.4. The number of aromatic nitrogens is 3. The Hall–Kier alpha value is -2.09. The fourth-order valence-corrected chi connectivity index (χ4v) is 3.65. The van der Waals surface area contributed by atoms with Crippen LogP contribution < -0.4 is 0 Å². The first-order valence-electron chi connectivity index (χ1n) is 7.91. The second kappa shape index (κ2) is 8.73. The third-order valence-corrected chi connectivity index (χ3v) is 5.33. The molecule has 0 bridgehead atoms. The molecule has 0 saturated carbocycles. The highest BCUT2D eigenvalue weighted by Gasteiger charge is 2.16. The zero-order valence-electron chi connectivity index (χ0n) is 14.3. The van der Waals surface area contributed by atoms with Gasteiger partial charge in [-0.05, 0) is 30.3 Å². The van der Waals surface area contributed by atoms with Crippen molar-refractivity contribution in [1.29, 1.82) is 0 Å². The summed E-state index contributed by atoms with van der Waals surface area (Å²) in [5, 5.41) is 9.39. The standard InChI is InChI=1S/C18H15Cl2FN4OS/c1-24(9-14-15(20)6-3-7-16(14)21)17(26)10-27-18-23-22-11-25(18)13-5-2-4-12(19)8-13/h2-8,11H,9-10H2,1H3. The lowest BCUT2D eigenvalue weighted by atomic mass is 10.2. The van der Waals surface area contributed by atoms with Crippen LogP contribution in [-0.4, -0.2) is 38.4 Å². The van der Waals surface area contributed by atoms with Crippen LogP contribution in [0.1, 0.15) is 5.56 Å². The molecule has 27 heavy (non-hydrogen) atoms. The normalized spacial score (nSPS) is 10.8. The first-order chi connectivity index (χ1) is 13.0. The van der Waals surface area contributed by atoms with Crippen LogP contribution in [0.3, 0.4) is 0 Å². The summed E-state index contributed by atoms with van der Waals surface area (Å²) in [5.74, 6) is -0.488. The summed E-state index contributed by atoms with van der Waals surface area (Å²) < 4.78 is 15.6. The van der Waals surface area contributed by atoms with Crippen molar-refractivity contribution >= 4 is 40.9 Å². The molecule has 0 atom stereocenters. The molecular weight excluding hydrogens is 410 g/mol. The molecule has 0 aliphatic heterocycles. The predicted molar refractivity (Wildman–Crippen MR) is 105 cm³/mol. The van der Waals surface area contributed by atoms with E-state index >= 15 is 0 Å². The molecule has 0 aliphatic carbocycles. The molecule has 3 aromatic rings. The Kier molecular flexibility index (Phi) is 6.36. The number of amides is 1. The minimum absolute atomic E-state index is 0.0892. The van der Waals surface area contributed by atoms with Gasteiger partial charge in [0, 0.05) is 29.2 Å². The third-order valence-electron chi connectivity index (χ3n) is 3.81. The molecule has 9 heteroatoms. The predicted octanol–water partition coefficient (Wildman–Crippen LogP) is 4.46. The van der Waals surface area contributed by atoms with Gasteiger partial charge >= 0.3 is 0 Å². The van der Waals surface area contributed by atoms with Gasteiger partial charge in [-0.1, -0.05) is 47.1 Å². The summed E-state index contributed by atoms with van der Waals surface area (Å²) in [4.78, 5) is 13.9.